The molecule has 10 nitrogen and oxygen atoms in total. The first-order valence-electron chi connectivity index (χ1n) is 9.03. The van der Waals surface area contributed by atoms with Gasteiger partial charge in [0.15, 0.2) is 21.8 Å². The molecule has 1 aliphatic rings. The summed E-state index contributed by atoms with van der Waals surface area (Å²) in [6.45, 7) is 0. The van der Waals surface area contributed by atoms with E-state index in [1.807, 2.05) is 0 Å². The van der Waals surface area contributed by atoms with Crippen LogP contribution in [0.15, 0.2) is 35.2 Å². The lowest BCUT2D eigenvalue weighted by Crippen LogP contribution is -2.27. The molecule has 3 aromatic rings. The average Bonchev–Trinajstić information content (AvgIpc) is 3.31. The van der Waals surface area contributed by atoms with Crippen molar-refractivity contribution >= 4 is 61.3 Å². The monoisotopic (exact) mass is 472 g/mol. The fourth-order valence-corrected chi connectivity index (χ4v) is 5.01. The van der Waals surface area contributed by atoms with Gasteiger partial charge in [-0.1, -0.05) is 11.3 Å². The second kappa shape index (κ2) is 8.48. The number of nitro benzene ring substituents is 1. The molecule has 4 rings (SSSR count). The van der Waals surface area contributed by atoms with E-state index < -0.39 is 10.8 Å². The lowest BCUT2D eigenvalue weighted by atomic mass is 10.1. The van der Waals surface area contributed by atoms with Gasteiger partial charge in [-0.3, -0.25) is 20.3 Å². The second-order valence-corrected chi connectivity index (χ2v) is 8.46. The third kappa shape index (κ3) is 3.74. The topological polar surface area (TPSA) is 128 Å². The van der Waals surface area contributed by atoms with E-state index in [2.05, 4.69) is 4.98 Å². The number of nitrogens with one attached hydrogen (secondary N) is 1. The number of thiazole rings is 1. The van der Waals surface area contributed by atoms with Gasteiger partial charge in [-0.05, 0) is 41.6 Å². The Morgan fingerprint density at radius 1 is 1.12 bits per heavy atom. The van der Waals surface area contributed by atoms with Gasteiger partial charge >= 0.3 is 0 Å². The van der Waals surface area contributed by atoms with Crippen LogP contribution in [0.5, 0.6) is 17.2 Å². The summed E-state index contributed by atoms with van der Waals surface area (Å²) in [4.78, 5) is 29.5. The van der Waals surface area contributed by atoms with Gasteiger partial charge in [0, 0.05) is 12.1 Å². The number of nitro groups is 1. The minimum Gasteiger partial charge on any atom is -0.493 e. The molecule has 0 bridgehead atoms. The number of rotatable bonds is 6. The largest absolute Gasteiger partial charge is 0.493 e. The lowest BCUT2D eigenvalue weighted by Gasteiger charge is -2.13. The zero-order chi connectivity index (χ0) is 23.0. The smallest absolute Gasteiger partial charge is 0.273 e. The second-order valence-electron chi connectivity index (χ2n) is 6.42. The van der Waals surface area contributed by atoms with Crippen LogP contribution < -0.4 is 19.1 Å². The minimum atomic E-state index is -0.490. The SMILES string of the molecule is COc1cc(/C=C2\SC(=N)N(c3nc4ccc([N+](=O)[O-])cc4s3)C2=O)cc(OC)c1OC. The molecule has 32 heavy (non-hydrogen) atoms. The number of amides is 1. The number of carbonyl (C=O) groups is 1. The Balaban J connectivity index is 1.70. The zero-order valence-electron chi connectivity index (χ0n) is 17.1. The van der Waals surface area contributed by atoms with E-state index in [0.717, 1.165) is 23.1 Å². The Labute approximate surface area is 190 Å². The number of nitrogens with zero attached hydrogens (tertiary/aromatic N) is 3. The van der Waals surface area contributed by atoms with Gasteiger partial charge < -0.3 is 14.2 Å². The van der Waals surface area contributed by atoms with Gasteiger partial charge in [-0.25, -0.2) is 9.88 Å². The molecule has 0 spiro atoms. The first-order valence-corrected chi connectivity index (χ1v) is 10.7. The van der Waals surface area contributed by atoms with Gasteiger partial charge in [0.05, 0.1) is 41.4 Å². The Morgan fingerprint density at radius 3 is 2.41 bits per heavy atom. The van der Waals surface area contributed by atoms with E-state index in [0.29, 0.717) is 37.9 Å². The summed E-state index contributed by atoms with van der Waals surface area (Å²) in [6.07, 6.45) is 1.63. The Bertz CT molecular complexity index is 1280. The van der Waals surface area contributed by atoms with Crippen molar-refractivity contribution in [1.82, 2.24) is 4.98 Å². The van der Waals surface area contributed by atoms with Crippen LogP contribution in [0.25, 0.3) is 16.3 Å². The van der Waals surface area contributed by atoms with Crippen LogP contribution in [-0.2, 0) is 4.79 Å². The number of thioether (sulfide) groups is 1. The molecule has 0 unspecified atom stereocenters. The first kappa shape index (κ1) is 21.6. The van der Waals surface area contributed by atoms with E-state index in [4.69, 9.17) is 19.6 Å². The molecule has 1 N–H and O–H groups in total. The van der Waals surface area contributed by atoms with Crippen LogP contribution >= 0.6 is 23.1 Å². The Hall–Kier alpha value is -3.64. The number of benzene rings is 2. The molecule has 12 heteroatoms. The van der Waals surface area contributed by atoms with E-state index in [-0.39, 0.29) is 16.0 Å². The van der Waals surface area contributed by atoms with Crippen LogP contribution in [0, 0.1) is 15.5 Å². The van der Waals surface area contributed by atoms with Crippen LogP contribution in [-0.4, -0.2) is 42.3 Å². The quantitative estimate of drug-likeness (QED) is 0.320. The van der Waals surface area contributed by atoms with Gasteiger partial charge in [-0.15, -0.1) is 0 Å². The van der Waals surface area contributed by atoms with Crippen molar-refractivity contribution in [2.24, 2.45) is 0 Å². The van der Waals surface area contributed by atoms with Gasteiger partial charge in [-0.2, -0.15) is 0 Å². The molecule has 2 aromatic carbocycles. The normalized spacial score (nSPS) is 15.0. The van der Waals surface area contributed by atoms with E-state index in [9.17, 15) is 14.9 Å². The number of carbonyl (C=O) groups excluding carboxylic acids is 1. The maximum Gasteiger partial charge on any atom is 0.273 e. The van der Waals surface area contributed by atoms with Crippen LogP contribution in [0.3, 0.4) is 0 Å². The molecule has 1 aromatic heterocycles. The molecule has 0 atom stereocenters. The van der Waals surface area contributed by atoms with Gasteiger partial charge in [0.25, 0.3) is 11.6 Å². The molecule has 164 valence electrons. The maximum atomic E-state index is 13.1. The van der Waals surface area contributed by atoms with Crippen molar-refractivity contribution in [2.45, 2.75) is 0 Å². The fraction of sp³-hybridized carbons (Fsp3) is 0.150. The van der Waals surface area contributed by atoms with Crippen molar-refractivity contribution in [2.75, 3.05) is 26.2 Å². The van der Waals surface area contributed by atoms with Gasteiger partial charge in [0.1, 0.15) is 0 Å². The molecule has 1 saturated heterocycles. The molecule has 1 amide bonds. The van der Waals surface area contributed by atoms with E-state index in [1.165, 1.54) is 44.4 Å². The summed E-state index contributed by atoms with van der Waals surface area (Å²) >= 11 is 2.10. The average molecular weight is 473 g/mol. The highest BCUT2D eigenvalue weighted by Gasteiger charge is 2.36. The van der Waals surface area contributed by atoms with Crippen LogP contribution in [0.4, 0.5) is 10.8 Å². The number of aromatic nitrogens is 1. The first-order chi connectivity index (χ1) is 15.4. The highest BCUT2D eigenvalue weighted by molar-refractivity contribution is 8.19. The van der Waals surface area contributed by atoms with Crippen molar-refractivity contribution in [3.63, 3.8) is 0 Å². The standard InChI is InChI=1S/C20H16N4O6S2/c1-28-13-6-10(7-14(29-2)17(13)30-3)8-16-18(25)23(19(21)31-16)20-22-12-5-4-11(24(26)27)9-15(12)32-20/h4-9,21H,1-3H3/b16-8-,21-19?. The highest BCUT2D eigenvalue weighted by Crippen LogP contribution is 2.42. The molecule has 0 aliphatic carbocycles. The number of amidine groups is 1. The predicted molar refractivity (Wildman–Crippen MR) is 123 cm³/mol. The van der Waals surface area contributed by atoms with Crippen LogP contribution in [0.2, 0.25) is 0 Å². The predicted octanol–water partition coefficient (Wildman–Crippen LogP) is 4.29. The van der Waals surface area contributed by atoms with Gasteiger partial charge in [0.2, 0.25) is 5.75 Å². The number of methoxy groups -OCH3 is 3. The summed E-state index contributed by atoms with van der Waals surface area (Å²) in [6, 6.07) is 7.68. The van der Waals surface area contributed by atoms with Crippen molar-refractivity contribution in [1.29, 1.82) is 5.41 Å². The number of anilines is 1. The summed E-state index contributed by atoms with van der Waals surface area (Å²) in [5.74, 6) is 0.894. The van der Waals surface area contributed by atoms with E-state index in [1.54, 1.807) is 18.2 Å². The van der Waals surface area contributed by atoms with Crippen molar-refractivity contribution in [3.05, 3.63) is 50.9 Å². The maximum absolute atomic E-state index is 13.1. The van der Waals surface area contributed by atoms with Crippen LogP contribution in [0.1, 0.15) is 5.56 Å². The zero-order valence-corrected chi connectivity index (χ0v) is 18.7. The molecule has 1 aliphatic heterocycles. The summed E-state index contributed by atoms with van der Waals surface area (Å²) in [5.41, 5.74) is 1.08. The molecule has 2 heterocycles. The number of hydrogen-bond acceptors (Lipinski definition) is 10. The Kier molecular flexibility index (Phi) is 5.72. The number of ether oxygens (including phenoxy) is 3. The fourth-order valence-electron chi connectivity index (χ4n) is 3.11. The third-order valence-corrected chi connectivity index (χ3v) is 6.46. The number of hydrogen-bond donors (Lipinski definition) is 1. The molecular formula is C20H16N4O6S2. The minimum absolute atomic E-state index is 0.0118. The lowest BCUT2D eigenvalue weighted by molar-refractivity contribution is -0.384. The molecule has 1 fully saturated rings. The third-order valence-electron chi connectivity index (χ3n) is 4.57. The Morgan fingerprint density at radius 2 is 1.81 bits per heavy atom. The van der Waals surface area contributed by atoms with Crippen molar-refractivity contribution in [3.8, 4) is 17.2 Å². The summed E-state index contributed by atoms with van der Waals surface area (Å²) in [5, 5.41) is 19.6. The van der Waals surface area contributed by atoms with Crippen molar-refractivity contribution < 1.29 is 23.9 Å². The number of non-ortho nitro benzene ring substituents is 1. The number of fused-ring (bicyclic) bond motifs is 1. The highest BCUT2D eigenvalue weighted by atomic mass is 32.2. The van der Waals surface area contributed by atoms with E-state index >= 15 is 0 Å². The summed E-state index contributed by atoms with van der Waals surface area (Å²) in [7, 11) is 4.50. The molecule has 0 saturated carbocycles. The molecule has 0 radical (unpaired) electrons. The molecular weight excluding hydrogens is 456 g/mol. The summed E-state index contributed by atoms with van der Waals surface area (Å²) < 4.78 is 16.6.